The number of anilines is 1. The van der Waals surface area contributed by atoms with E-state index in [1.807, 2.05) is 62.4 Å². The molecule has 3 rings (SSSR count). The van der Waals surface area contributed by atoms with Crippen molar-refractivity contribution in [1.29, 1.82) is 5.26 Å². The van der Waals surface area contributed by atoms with Crippen LogP contribution in [0.1, 0.15) is 27.8 Å². The molecule has 0 aliphatic heterocycles. The summed E-state index contributed by atoms with van der Waals surface area (Å²) in [5.41, 5.74) is 6.01. The molecular weight excluding hydrogens is 626 g/mol. The molecule has 0 atom stereocenters. The molecule has 6 heteroatoms. The number of ether oxygens (including phenoxy) is 1. The van der Waals surface area contributed by atoms with E-state index in [-0.39, 0.29) is 5.57 Å². The fraction of sp³-hybridized carbons (Fsp3) is 0.154. The van der Waals surface area contributed by atoms with Gasteiger partial charge in [-0.05, 0) is 119 Å². The molecule has 1 amide bonds. The summed E-state index contributed by atoms with van der Waals surface area (Å²) in [6.45, 7) is 6.53. The van der Waals surface area contributed by atoms with Crippen LogP contribution in [-0.2, 0) is 11.4 Å². The minimum Gasteiger partial charge on any atom is -0.487 e. The molecule has 0 spiro atoms. The summed E-state index contributed by atoms with van der Waals surface area (Å²) in [7, 11) is 0. The van der Waals surface area contributed by atoms with Crippen molar-refractivity contribution in [3.63, 3.8) is 0 Å². The lowest BCUT2D eigenvalue weighted by Crippen LogP contribution is -2.13. The molecule has 4 nitrogen and oxygen atoms in total. The number of aryl methyl sites for hydroxylation is 3. The monoisotopic (exact) mass is 648 g/mol. The van der Waals surface area contributed by atoms with Crippen LogP contribution in [0.3, 0.4) is 0 Å². The third-order valence-electron chi connectivity index (χ3n) is 4.93. The number of carbonyl (C=O) groups excluding carboxylic acids is 1. The molecule has 0 aliphatic rings. The molecule has 3 aromatic carbocycles. The molecule has 3 aromatic rings. The zero-order valence-corrected chi connectivity index (χ0v) is 22.3. The van der Waals surface area contributed by atoms with E-state index in [2.05, 4.69) is 69.6 Å². The Morgan fingerprint density at radius 3 is 2.38 bits per heavy atom. The smallest absolute Gasteiger partial charge is 0.266 e. The second kappa shape index (κ2) is 11.0. The highest BCUT2D eigenvalue weighted by Crippen LogP contribution is 2.30. The van der Waals surface area contributed by atoms with Crippen LogP contribution in [-0.4, -0.2) is 5.91 Å². The quantitative estimate of drug-likeness (QED) is 0.179. The van der Waals surface area contributed by atoms with Crippen LogP contribution in [0, 0.1) is 39.2 Å². The van der Waals surface area contributed by atoms with E-state index >= 15 is 0 Å². The Morgan fingerprint density at radius 2 is 1.75 bits per heavy atom. The summed E-state index contributed by atoms with van der Waals surface area (Å²) in [6.07, 6.45) is 1.60. The minimum atomic E-state index is -0.430. The van der Waals surface area contributed by atoms with Gasteiger partial charge in [-0.15, -0.1) is 0 Å². The minimum absolute atomic E-state index is 0.0447. The first-order valence-corrected chi connectivity index (χ1v) is 12.1. The SMILES string of the molecule is Cc1cccc(COc2c(I)cc(/C=C(\C#N)C(=O)Nc3ccc(C)c(C)c3)cc2I)c1. The van der Waals surface area contributed by atoms with Gasteiger partial charge in [-0.3, -0.25) is 4.79 Å². The molecule has 32 heavy (non-hydrogen) atoms. The van der Waals surface area contributed by atoms with Gasteiger partial charge in [-0.1, -0.05) is 35.9 Å². The second-order valence-corrected chi connectivity index (χ2v) is 9.84. The molecule has 0 bridgehead atoms. The molecule has 1 N–H and O–H groups in total. The number of amides is 1. The number of benzene rings is 3. The van der Waals surface area contributed by atoms with Crippen molar-refractivity contribution in [2.75, 3.05) is 5.32 Å². The van der Waals surface area contributed by atoms with Gasteiger partial charge in [0, 0.05) is 5.69 Å². The average molecular weight is 648 g/mol. The van der Waals surface area contributed by atoms with Gasteiger partial charge in [0.1, 0.15) is 24.0 Å². The Balaban J connectivity index is 1.77. The van der Waals surface area contributed by atoms with Crippen molar-refractivity contribution in [2.24, 2.45) is 0 Å². The number of carbonyl (C=O) groups is 1. The highest BCUT2D eigenvalue weighted by molar-refractivity contribution is 14.1. The molecular formula is C26H22I2N2O2. The zero-order chi connectivity index (χ0) is 23.3. The lowest BCUT2D eigenvalue weighted by molar-refractivity contribution is -0.112. The van der Waals surface area contributed by atoms with E-state index in [1.54, 1.807) is 6.08 Å². The normalized spacial score (nSPS) is 11.1. The van der Waals surface area contributed by atoms with E-state index in [0.717, 1.165) is 35.1 Å². The first-order chi connectivity index (χ1) is 15.3. The van der Waals surface area contributed by atoms with Gasteiger partial charge >= 0.3 is 0 Å². The molecule has 0 aromatic heterocycles. The fourth-order valence-electron chi connectivity index (χ4n) is 3.09. The van der Waals surface area contributed by atoms with Crippen molar-refractivity contribution >= 4 is 62.9 Å². The van der Waals surface area contributed by atoms with Gasteiger partial charge in [-0.2, -0.15) is 5.26 Å². The summed E-state index contributed by atoms with van der Waals surface area (Å²) < 4.78 is 7.90. The summed E-state index contributed by atoms with van der Waals surface area (Å²) in [4.78, 5) is 12.6. The molecule has 0 heterocycles. The molecule has 162 valence electrons. The maximum absolute atomic E-state index is 12.6. The summed E-state index contributed by atoms with van der Waals surface area (Å²) in [5.74, 6) is 0.364. The third-order valence-corrected chi connectivity index (χ3v) is 6.53. The van der Waals surface area contributed by atoms with Crippen LogP contribution in [0.15, 0.2) is 60.2 Å². The average Bonchev–Trinajstić information content (AvgIpc) is 2.74. The Morgan fingerprint density at radius 1 is 1.03 bits per heavy atom. The largest absolute Gasteiger partial charge is 0.487 e. The Kier molecular flexibility index (Phi) is 8.32. The highest BCUT2D eigenvalue weighted by Gasteiger charge is 2.13. The van der Waals surface area contributed by atoms with Crippen molar-refractivity contribution in [1.82, 2.24) is 0 Å². The molecule has 0 aliphatic carbocycles. The zero-order valence-electron chi connectivity index (χ0n) is 18.0. The predicted octanol–water partition coefficient (Wildman–Crippen LogP) is 6.95. The van der Waals surface area contributed by atoms with Gasteiger partial charge in [0.2, 0.25) is 0 Å². The lowest BCUT2D eigenvalue weighted by Gasteiger charge is -2.12. The van der Waals surface area contributed by atoms with Crippen LogP contribution < -0.4 is 10.1 Å². The topological polar surface area (TPSA) is 62.1 Å². The number of nitrogens with zero attached hydrogens (tertiary/aromatic N) is 1. The van der Waals surface area contributed by atoms with Crippen molar-refractivity contribution in [2.45, 2.75) is 27.4 Å². The van der Waals surface area contributed by atoms with Crippen LogP contribution in [0.2, 0.25) is 0 Å². The maximum Gasteiger partial charge on any atom is 0.266 e. The lowest BCUT2D eigenvalue weighted by atomic mass is 10.1. The molecule has 0 radical (unpaired) electrons. The van der Waals surface area contributed by atoms with E-state index < -0.39 is 5.91 Å². The van der Waals surface area contributed by atoms with E-state index in [4.69, 9.17) is 4.74 Å². The van der Waals surface area contributed by atoms with Gasteiger partial charge < -0.3 is 10.1 Å². The first kappa shape index (κ1) is 24.3. The molecule has 0 saturated heterocycles. The predicted molar refractivity (Wildman–Crippen MR) is 146 cm³/mol. The number of nitriles is 1. The summed E-state index contributed by atoms with van der Waals surface area (Å²) >= 11 is 4.44. The molecule has 0 fully saturated rings. The number of hydrogen-bond donors (Lipinski definition) is 1. The van der Waals surface area contributed by atoms with Crippen LogP contribution in [0.4, 0.5) is 5.69 Å². The maximum atomic E-state index is 12.6. The summed E-state index contributed by atoms with van der Waals surface area (Å²) in [5, 5.41) is 12.4. The fourth-order valence-corrected chi connectivity index (χ4v) is 5.22. The van der Waals surface area contributed by atoms with Crippen LogP contribution in [0.5, 0.6) is 5.75 Å². The van der Waals surface area contributed by atoms with Gasteiger partial charge in [-0.25, -0.2) is 0 Å². The first-order valence-electron chi connectivity index (χ1n) is 9.94. The van der Waals surface area contributed by atoms with Gasteiger partial charge in [0.25, 0.3) is 5.91 Å². The Bertz CT molecular complexity index is 1220. The van der Waals surface area contributed by atoms with Crippen molar-refractivity contribution < 1.29 is 9.53 Å². The third kappa shape index (κ3) is 6.33. The van der Waals surface area contributed by atoms with E-state index in [9.17, 15) is 10.1 Å². The Hall–Kier alpha value is -2.38. The van der Waals surface area contributed by atoms with Gasteiger partial charge in [0.15, 0.2) is 0 Å². The summed E-state index contributed by atoms with van der Waals surface area (Å²) in [6, 6.07) is 19.7. The molecule has 0 saturated carbocycles. The van der Waals surface area contributed by atoms with Gasteiger partial charge in [0.05, 0.1) is 7.14 Å². The second-order valence-electron chi connectivity index (χ2n) is 7.51. The Labute approximate surface area is 216 Å². The van der Waals surface area contributed by atoms with Crippen LogP contribution >= 0.6 is 45.2 Å². The van der Waals surface area contributed by atoms with Crippen LogP contribution in [0.25, 0.3) is 6.08 Å². The van der Waals surface area contributed by atoms with Crippen molar-refractivity contribution in [3.05, 3.63) is 95.1 Å². The highest BCUT2D eigenvalue weighted by atomic mass is 127. The standard InChI is InChI=1S/C26H22I2N2O2/c1-16-5-4-6-19(9-16)15-32-25-23(27)12-20(13-24(25)28)11-21(14-29)26(31)30-22-8-7-17(2)18(3)10-22/h4-13H,15H2,1-3H3,(H,30,31)/b21-11+. The molecule has 0 unspecified atom stereocenters. The number of halogens is 2. The van der Waals surface area contributed by atoms with E-state index in [1.165, 1.54) is 5.56 Å². The number of hydrogen-bond acceptors (Lipinski definition) is 3. The number of nitrogens with one attached hydrogen (secondary N) is 1. The van der Waals surface area contributed by atoms with Crippen molar-refractivity contribution in [3.8, 4) is 11.8 Å². The number of rotatable bonds is 6. The van der Waals surface area contributed by atoms with E-state index in [0.29, 0.717) is 12.3 Å².